The van der Waals surface area contributed by atoms with Gasteiger partial charge in [-0.15, -0.1) is 4.58 Å². The van der Waals surface area contributed by atoms with E-state index in [9.17, 15) is 10.1 Å². The van der Waals surface area contributed by atoms with Crippen LogP contribution in [0.1, 0.15) is 25.0 Å². The van der Waals surface area contributed by atoms with Crippen LogP contribution in [0.2, 0.25) is 0 Å². The molecule has 0 bridgehead atoms. The molecule has 0 unspecified atom stereocenters. The number of fused-ring (bicyclic) bond motifs is 1. The van der Waals surface area contributed by atoms with Crippen molar-refractivity contribution in [1.82, 2.24) is 9.97 Å². The van der Waals surface area contributed by atoms with Crippen LogP contribution in [0.15, 0.2) is 53.3 Å². The lowest BCUT2D eigenvalue weighted by Gasteiger charge is -2.22. The summed E-state index contributed by atoms with van der Waals surface area (Å²) in [5.74, 6) is 1.22. The Morgan fingerprint density at radius 1 is 1.31 bits per heavy atom. The molecule has 1 amide bonds. The smallest absolute Gasteiger partial charge is 0.382 e. The number of hydrogen-bond acceptors (Lipinski definition) is 7. The number of benzene rings is 1. The second-order valence-corrected chi connectivity index (χ2v) is 7.80. The van der Waals surface area contributed by atoms with Crippen molar-refractivity contribution in [3.63, 3.8) is 0 Å². The van der Waals surface area contributed by atoms with Gasteiger partial charge in [0.1, 0.15) is 35.2 Å². The van der Waals surface area contributed by atoms with Crippen LogP contribution in [-0.2, 0) is 4.79 Å². The Kier molecular flexibility index (Phi) is 4.91. The lowest BCUT2D eigenvalue weighted by Crippen LogP contribution is -2.30. The molecule has 1 aromatic heterocycles. The molecule has 7 nitrogen and oxygen atoms in total. The quantitative estimate of drug-likeness (QED) is 0.756. The summed E-state index contributed by atoms with van der Waals surface area (Å²) in [5, 5.41) is 13.6. The number of amides is 1. The molecule has 8 heteroatoms. The first kappa shape index (κ1) is 18.9. The summed E-state index contributed by atoms with van der Waals surface area (Å²) in [6, 6.07) is 11.4. The van der Waals surface area contributed by atoms with Gasteiger partial charge in [0.15, 0.2) is 5.71 Å². The van der Waals surface area contributed by atoms with E-state index in [1.54, 1.807) is 16.3 Å². The lowest BCUT2D eigenvalue weighted by molar-refractivity contribution is -0.379. The minimum atomic E-state index is -0.285. The fraction of sp³-hybridized carbons (Fsp3) is 0.190. The topological polar surface area (TPSA) is 108 Å². The standard InChI is InChI=1S/C21H19N6OS/c1-12-10-29-17-8-15(13(2)26-20-16(9-22)19(23)24-11-25-20)18(21(28)27(12)17)14-6-4-3-5-7-14/h3-8,11,13H,10H2,1-2H3,(H3,23,24,25,26)/q+1/t13-/m0/s1. The number of thioether (sulfide) groups is 1. The highest BCUT2D eigenvalue weighted by molar-refractivity contribution is 8.03. The molecule has 0 aliphatic carbocycles. The molecule has 2 aliphatic rings. The summed E-state index contributed by atoms with van der Waals surface area (Å²) in [6.07, 6.45) is 3.36. The fourth-order valence-corrected chi connectivity index (χ4v) is 4.52. The molecule has 0 fully saturated rings. The number of rotatable bonds is 4. The van der Waals surface area contributed by atoms with Crippen LogP contribution in [0, 0.1) is 11.3 Å². The van der Waals surface area contributed by atoms with E-state index in [-0.39, 0.29) is 23.3 Å². The van der Waals surface area contributed by atoms with E-state index >= 15 is 0 Å². The minimum absolute atomic E-state index is 0.0393. The Morgan fingerprint density at radius 3 is 2.79 bits per heavy atom. The van der Waals surface area contributed by atoms with Crippen molar-refractivity contribution < 1.29 is 9.37 Å². The molecule has 3 N–H and O–H groups in total. The molecule has 2 aliphatic heterocycles. The van der Waals surface area contributed by atoms with Crippen molar-refractivity contribution >= 4 is 40.6 Å². The Labute approximate surface area is 172 Å². The van der Waals surface area contributed by atoms with Gasteiger partial charge in [0.2, 0.25) is 5.03 Å². The van der Waals surface area contributed by atoms with Crippen molar-refractivity contribution in [3.05, 3.63) is 64.5 Å². The molecule has 0 saturated heterocycles. The maximum atomic E-state index is 13.4. The van der Waals surface area contributed by atoms with Gasteiger partial charge >= 0.3 is 5.91 Å². The van der Waals surface area contributed by atoms with Crippen LogP contribution in [0.3, 0.4) is 0 Å². The number of aromatic nitrogens is 2. The highest BCUT2D eigenvalue weighted by Crippen LogP contribution is 2.37. The van der Waals surface area contributed by atoms with Gasteiger partial charge < -0.3 is 11.1 Å². The van der Waals surface area contributed by atoms with E-state index in [1.807, 2.05) is 56.3 Å². The zero-order valence-electron chi connectivity index (χ0n) is 16.0. The minimum Gasteiger partial charge on any atom is -0.382 e. The highest BCUT2D eigenvalue weighted by atomic mass is 32.2. The molecule has 29 heavy (non-hydrogen) atoms. The van der Waals surface area contributed by atoms with Gasteiger partial charge in [-0.3, -0.25) is 0 Å². The summed E-state index contributed by atoms with van der Waals surface area (Å²) in [4.78, 5) is 21.5. The van der Waals surface area contributed by atoms with Crippen LogP contribution in [-0.4, -0.2) is 38.0 Å². The van der Waals surface area contributed by atoms with Crippen LogP contribution in [0.5, 0.6) is 0 Å². The molecule has 3 heterocycles. The highest BCUT2D eigenvalue weighted by Gasteiger charge is 2.41. The van der Waals surface area contributed by atoms with E-state index < -0.39 is 0 Å². The maximum absolute atomic E-state index is 13.4. The Balaban J connectivity index is 1.83. The van der Waals surface area contributed by atoms with Crippen molar-refractivity contribution in [2.75, 3.05) is 16.8 Å². The largest absolute Gasteiger partial charge is 0.426 e. The third-order valence-electron chi connectivity index (χ3n) is 4.89. The first-order valence-corrected chi connectivity index (χ1v) is 10.1. The normalized spacial score (nSPS) is 17.0. The van der Waals surface area contributed by atoms with Crippen molar-refractivity contribution in [2.45, 2.75) is 19.9 Å². The molecule has 2 aromatic rings. The first-order valence-electron chi connectivity index (χ1n) is 9.09. The third-order valence-corrected chi connectivity index (χ3v) is 6.04. The molecule has 4 rings (SSSR count). The van der Waals surface area contributed by atoms with E-state index in [4.69, 9.17) is 5.73 Å². The van der Waals surface area contributed by atoms with Gasteiger partial charge in [0, 0.05) is 13.0 Å². The third kappa shape index (κ3) is 3.30. The molecule has 144 valence electrons. The molecule has 0 saturated carbocycles. The summed E-state index contributed by atoms with van der Waals surface area (Å²) in [7, 11) is 0. The van der Waals surface area contributed by atoms with Crippen molar-refractivity contribution in [1.29, 1.82) is 5.26 Å². The zero-order valence-corrected chi connectivity index (χ0v) is 16.8. The van der Waals surface area contributed by atoms with Gasteiger partial charge in [0.25, 0.3) is 0 Å². The van der Waals surface area contributed by atoms with Crippen LogP contribution in [0.4, 0.5) is 11.6 Å². The van der Waals surface area contributed by atoms with E-state index in [1.165, 1.54) is 6.33 Å². The number of nitrogens with two attached hydrogens (primary N) is 1. The van der Waals surface area contributed by atoms with Gasteiger partial charge in [-0.1, -0.05) is 30.3 Å². The molecule has 0 radical (unpaired) electrons. The molecule has 1 aromatic carbocycles. The average Bonchev–Trinajstić information content (AvgIpc) is 3.10. The van der Waals surface area contributed by atoms with E-state index in [2.05, 4.69) is 15.3 Å². The van der Waals surface area contributed by atoms with Gasteiger partial charge in [-0.05, 0) is 29.8 Å². The summed E-state index contributed by atoms with van der Waals surface area (Å²) in [6.45, 7) is 3.91. The number of nitrogens with zero attached hydrogens (tertiary/aromatic N) is 4. The summed E-state index contributed by atoms with van der Waals surface area (Å²) >= 11 is 1.64. The average molecular weight is 403 g/mol. The molecule has 0 spiro atoms. The van der Waals surface area contributed by atoms with Gasteiger partial charge in [0.05, 0.1) is 11.8 Å². The predicted octanol–water partition coefficient (Wildman–Crippen LogP) is 2.79. The second kappa shape index (κ2) is 7.53. The van der Waals surface area contributed by atoms with Crippen LogP contribution in [0.25, 0.3) is 5.57 Å². The number of nitriles is 1. The van der Waals surface area contributed by atoms with Crippen LogP contribution < -0.4 is 11.1 Å². The van der Waals surface area contributed by atoms with E-state index in [0.29, 0.717) is 11.4 Å². The summed E-state index contributed by atoms with van der Waals surface area (Å²) in [5.41, 5.74) is 9.35. The Hall–Kier alpha value is -3.44. The van der Waals surface area contributed by atoms with Gasteiger partial charge in [-0.2, -0.15) is 5.26 Å². The number of anilines is 2. The SMILES string of the molecule is CC1=[N+]2C(=O)C(c3ccccc3)=C([C@H](C)Nc3ncnc(N)c3C#N)C=C2SC1. The van der Waals surface area contributed by atoms with Gasteiger partial charge in [-0.25, -0.2) is 14.8 Å². The Morgan fingerprint density at radius 2 is 2.07 bits per heavy atom. The second-order valence-electron chi connectivity index (χ2n) is 6.80. The molecule has 1 atom stereocenters. The monoisotopic (exact) mass is 403 g/mol. The molecular weight excluding hydrogens is 384 g/mol. The number of nitrogen functional groups attached to an aromatic ring is 1. The van der Waals surface area contributed by atoms with Crippen molar-refractivity contribution in [2.24, 2.45) is 0 Å². The zero-order chi connectivity index (χ0) is 20.5. The van der Waals surface area contributed by atoms with Crippen LogP contribution >= 0.6 is 11.8 Å². The first-order chi connectivity index (χ1) is 14.0. The number of carbonyl (C=O) groups excluding carboxylic acids is 1. The van der Waals surface area contributed by atoms with E-state index in [0.717, 1.165) is 27.6 Å². The maximum Gasteiger partial charge on any atom is 0.426 e. The number of hydrogen-bond donors (Lipinski definition) is 2. The lowest BCUT2D eigenvalue weighted by atomic mass is 9.92. The number of carbonyl (C=O) groups is 1. The molecular formula is C21H19N6OS+. The fourth-order valence-electron chi connectivity index (χ4n) is 3.45. The van der Waals surface area contributed by atoms with Crippen molar-refractivity contribution in [3.8, 4) is 6.07 Å². The summed E-state index contributed by atoms with van der Waals surface area (Å²) < 4.78 is 1.78. The predicted molar refractivity (Wildman–Crippen MR) is 114 cm³/mol. The Bertz CT molecular complexity index is 1140. The number of nitrogens with one attached hydrogen (secondary N) is 1.